The molecule has 0 atom stereocenters. The minimum Gasteiger partial charge on any atom is -0.489 e. The van der Waals surface area contributed by atoms with E-state index in [4.69, 9.17) is 9.47 Å². The zero-order chi connectivity index (χ0) is 20.8. The fourth-order valence-corrected chi connectivity index (χ4v) is 3.18. The van der Waals surface area contributed by atoms with E-state index < -0.39 is 5.97 Å². The molecule has 4 aromatic carbocycles. The molecule has 0 unspecified atom stereocenters. The van der Waals surface area contributed by atoms with Crippen molar-refractivity contribution in [2.45, 2.75) is 6.61 Å². The number of para-hydroxylation sites is 1. The van der Waals surface area contributed by atoms with Gasteiger partial charge in [-0.2, -0.15) is 0 Å². The molecule has 0 fully saturated rings. The highest BCUT2D eigenvalue weighted by atomic mass is 16.5. The maximum absolute atomic E-state index is 12.6. The molecule has 148 valence electrons. The van der Waals surface area contributed by atoms with Crippen LogP contribution in [0.5, 0.6) is 5.75 Å². The summed E-state index contributed by atoms with van der Waals surface area (Å²) in [5.74, 6) is -0.0735. The number of benzene rings is 4. The lowest BCUT2D eigenvalue weighted by Crippen LogP contribution is -2.16. The monoisotopic (exact) mass is 396 g/mol. The number of carbonyl (C=O) groups is 2. The first-order valence-electron chi connectivity index (χ1n) is 9.65. The van der Waals surface area contributed by atoms with Gasteiger partial charge in [-0.15, -0.1) is 0 Å². The standard InChI is InChI=1S/C26H20O4/c27-25(21-15-14-19-8-4-5-9-20(19)16-21)18-30-26(28)24-13-7-6-10-22(24)17-29-23-11-2-1-3-12-23/h1-16H,17-18H2. The van der Waals surface area contributed by atoms with Crippen molar-refractivity contribution >= 4 is 22.5 Å². The van der Waals surface area contributed by atoms with Gasteiger partial charge in [-0.3, -0.25) is 4.79 Å². The Hall–Kier alpha value is -3.92. The van der Waals surface area contributed by atoms with Gasteiger partial charge in [0.25, 0.3) is 0 Å². The highest BCUT2D eigenvalue weighted by molar-refractivity contribution is 6.02. The lowest BCUT2D eigenvalue weighted by Gasteiger charge is -2.11. The number of rotatable bonds is 7. The number of ketones is 1. The van der Waals surface area contributed by atoms with Gasteiger partial charge in [0.2, 0.25) is 0 Å². The molecule has 0 spiro atoms. The molecule has 0 aromatic heterocycles. The third-order valence-corrected chi connectivity index (χ3v) is 4.78. The van der Waals surface area contributed by atoms with E-state index in [-0.39, 0.29) is 19.0 Å². The van der Waals surface area contributed by atoms with Crippen molar-refractivity contribution in [2.24, 2.45) is 0 Å². The lowest BCUT2D eigenvalue weighted by atomic mass is 10.0. The molecule has 0 bridgehead atoms. The molecule has 30 heavy (non-hydrogen) atoms. The van der Waals surface area contributed by atoms with Crippen LogP contribution in [0.3, 0.4) is 0 Å². The number of carbonyl (C=O) groups excluding carboxylic acids is 2. The molecule has 0 aliphatic carbocycles. The van der Waals surface area contributed by atoms with Crippen LogP contribution in [0.4, 0.5) is 0 Å². The number of fused-ring (bicyclic) bond motifs is 1. The SMILES string of the molecule is O=C(COC(=O)c1ccccc1COc1ccccc1)c1ccc2ccccc2c1. The van der Waals surface area contributed by atoms with Crippen molar-refractivity contribution in [3.8, 4) is 5.75 Å². The van der Waals surface area contributed by atoms with Crippen molar-refractivity contribution < 1.29 is 19.1 Å². The molecule has 4 aromatic rings. The molecule has 0 saturated heterocycles. The van der Waals surface area contributed by atoms with E-state index in [0.29, 0.717) is 22.4 Å². The number of esters is 1. The Labute approximate surface area is 174 Å². The molecule has 0 heterocycles. The van der Waals surface area contributed by atoms with Crippen LogP contribution in [0.1, 0.15) is 26.3 Å². The Kier molecular flexibility index (Phi) is 5.85. The summed E-state index contributed by atoms with van der Waals surface area (Å²) in [5.41, 5.74) is 1.60. The predicted molar refractivity (Wildman–Crippen MR) is 116 cm³/mol. The Morgan fingerprint density at radius 2 is 1.40 bits per heavy atom. The Morgan fingerprint density at radius 3 is 2.23 bits per heavy atom. The molecular weight excluding hydrogens is 376 g/mol. The molecule has 0 saturated carbocycles. The largest absolute Gasteiger partial charge is 0.489 e. The van der Waals surface area contributed by atoms with Crippen LogP contribution in [0, 0.1) is 0 Å². The van der Waals surface area contributed by atoms with Crippen molar-refractivity contribution in [2.75, 3.05) is 6.61 Å². The summed E-state index contributed by atoms with van der Waals surface area (Å²) in [6, 6.07) is 29.7. The Bertz CT molecular complexity index is 1180. The second kappa shape index (κ2) is 9.05. The van der Waals surface area contributed by atoms with E-state index in [1.54, 1.807) is 18.2 Å². The lowest BCUT2D eigenvalue weighted by molar-refractivity contribution is 0.0472. The van der Waals surface area contributed by atoms with Crippen molar-refractivity contribution in [3.63, 3.8) is 0 Å². The highest BCUT2D eigenvalue weighted by Crippen LogP contribution is 2.18. The minimum atomic E-state index is -0.545. The van der Waals surface area contributed by atoms with Gasteiger partial charge in [-0.25, -0.2) is 4.79 Å². The smallest absolute Gasteiger partial charge is 0.338 e. The Balaban J connectivity index is 1.41. The van der Waals surface area contributed by atoms with E-state index in [2.05, 4.69) is 0 Å². The van der Waals surface area contributed by atoms with Gasteiger partial charge in [0.15, 0.2) is 12.4 Å². The number of hydrogen-bond donors (Lipinski definition) is 0. The summed E-state index contributed by atoms with van der Waals surface area (Å²) in [7, 11) is 0. The van der Waals surface area contributed by atoms with Crippen LogP contribution in [0.15, 0.2) is 97.1 Å². The number of Topliss-reactive ketones (excluding diaryl/α,β-unsaturated/α-hetero) is 1. The number of ether oxygens (including phenoxy) is 2. The second-order valence-corrected chi connectivity index (χ2v) is 6.82. The van der Waals surface area contributed by atoms with Crippen LogP contribution in [-0.4, -0.2) is 18.4 Å². The summed E-state index contributed by atoms with van der Waals surface area (Å²) < 4.78 is 11.0. The quantitative estimate of drug-likeness (QED) is 0.308. The van der Waals surface area contributed by atoms with E-state index in [9.17, 15) is 9.59 Å². The normalized spacial score (nSPS) is 10.5. The first kappa shape index (κ1) is 19.4. The predicted octanol–water partition coefficient (Wildman–Crippen LogP) is 5.46. The van der Waals surface area contributed by atoms with Gasteiger partial charge in [0.05, 0.1) is 5.56 Å². The van der Waals surface area contributed by atoms with Crippen LogP contribution in [0.2, 0.25) is 0 Å². The molecule has 0 aliphatic heterocycles. The third kappa shape index (κ3) is 4.55. The fraction of sp³-hybridized carbons (Fsp3) is 0.0769. The van der Waals surface area contributed by atoms with Crippen molar-refractivity contribution in [1.29, 1.82) is 0 Å². The fourth-order valence-electron chi connectivity index (χ4n) is 3.18. The van der Waals surface area contributed by atoms with Crippen LogP contribution in [-0.2, 0) is 11.3 Å². The second-order valence-electron chi connectivity index (χ2n) is 6.82. The summed E-state index contributed by atoms with van der Waals surface area (Å²) in [6.07, 6.45) is 0. The van der Waals surface area contributed by atoms with E-state index >= 15 is 0 Å². The van der Waals surface area contributed by atoms with Crippen molar-refractivity contribution in [1.82, 2.24) is 0 Å². The van der Waals surface area contributed by atoms with Gasteiger partial charge >= 0.3 is 5.97 Å². The van der Waals surface area contributed by atoms with Crippen LogP contribution in [0.25, 0.3) is 10.8 Å². The average molecular weight is 396 g/mol. The van der Waals surface area contributed by atoms with E-state index in [1.165, 1.54) is 0 Å². The first-order valence-corrected chi connectivity index (χ1v) is 9.65. The average Bonchev–Trinajstić information content (AvgIpc) is 2.81. The van der Waals surface area contributed by atoms with E-state index in [0.717, 1.165) is 10.8 Å². The zero-order valence-corrected chi connectivity index (χ0v) is 16.3. The molecule has 0 aliphatic rings. The zero-order valence-electron chi connectivity index (χ0n) is 16.3. The maximum Gasteiger partial charge on any atom is 0.338 e. The minimum absolute atomic E-state index is 0.230. The maximum atomic E-state index is 12.6. The van der Waals surface area contributed by atoms with Gasteiger partial charge in [0.1, 0.15) is 12.4 Å². The third-order valence-electron chi connectivity index (χ3n) is 4.78. The summed E-state index contributed by atoms with van der Waals surface area (Å²) >= 11 is 0. The van der Waals surface area contributed by atoms with Gasteiger partial charge in [-0.1, -0.05) is 72.8 Å². The molecule has 4 nitrogen and oxygen atoms in total. The van der Waals surface area contributed by atoms with Crippen molar-refractivity contribution in [3.05, 3.63) is 114 Å². The van der Waals surface area contributed by atoms with Crippen LogP contribution < -0.4 is 4.74 Å². The molecule has 4 heteroatoms. The Morgan fingerprint density at radius 1 is 0.700 bits per heavy atom. The molecule has 4 rings (SSSR count). The van der Waals surface area contributed by atoms with Gasteiger partial charge < -0.3 is 9.47 Å². The summed E-state index contributed by atoms with van der Waals surface area (Å²) in [4.78, 5) is 25.1. The topological polar surface area (TPSA) is 52.6 Å². The molecule has 0 amide bonds. The molecule has 0 radical (unpaired) electrons. The molecular formula is C26H20O4. The van der Waals surface area contributed by atoms with E-state index in [1.807, 2.05) is 78.9 Å². The summed E-state index contributed by atoms with van der Waals surface area (Å²) in [5, 5.41) is 2.02. The van der Waals surface area contributed by atoms with Gasteiger partial charge in [0, 0.05) is 11.1 Å². The highest BCUT2D eigenvalue weighted by Gasteiger charge is 2.15. The summed E-state index contributed by atoms with van der Waals surface area (Å²) in [6.45, 7) is -0.0844. The molecule has 0 N–H and O–H groups in total. The first-order chi connectivity index (χ1) is 14.7. The van der Waals surface area contributed by atoms with Gasteiger partial charge in [-0.05, 0) is 35.0 Å². The van der Waals surface area contributed by atoms with Crippen LogP contribution >= 0.6 is 0 Å². The number of hydrogen-bond acceptors (Lipinski definition) is 4.